The monoisotopic (exact) mass is 453 g/mol. The molecule has 3 aromatic rings. The summed E-state index contributed by atoms with van der Waals surface area (Å²) in [5.41, 5.74) is 0.920. The van der Waals surface area contributed by atoms with Gasteiger partial charge in [-0.15, -0.1) is 5.10 Å². The first-order valence-electron chi connectivity index (χ1n) is 10.6. The van der Waals surface area contributed by atoms with Crippen LogP contribution >= 0.6 is 11.8 Å². The number of aromatic amines is 1. The Morgan fingerprint density at radius 2 is 1.78 bits per heavy atom. The van der Waals surface area contributed by atoms with E-state index in [0.29, 0.717) is 23.3 Å². The minimum absolute atomic E-state index is 0.117. The lowest BCUT2D eigenvalue weighted by molar-refractivity contribution is -0.130. The highest BCUT2D eigenvalue weighted by Gasteiger charge is 2.21. The molecule has 9 heteroatoms. The first kappa shape index (κ1) is 22.2. The molecule has 1 fully saturated rings. The number of para-hydroxylation sites is 1. The zero-order valence-corrected chi connectivity index (χ0v) is 18.9. The molecule has 0 atom stereocenters. The van der Waals surface area contributed by atoms with Crippen LogP contribution in [0.15, 0.2) is 59.8 Å². The summed E-state index contributed by atoms with van der Waals surface area (Å²) < 4.78 is 10.9. The van der Waals surface area contributed by atoms with Gasteiger partial charge in [-0.25, -0.2) is 4.98 Å². The van der Waals surface area contributed by atoms with Crippen molar-refractivity contribution in [1.82, 2.24) is 25.0 Å². The largest absolute Gasteiger partial charge is 0.497 e. The highest BCUT2D eigenvalue weighted by Crippen LogP contribution is 2.22. The number of rotatable bonds is 9. The summed E-state index contributed by atoms with van der Waals surface area (Å²) in [7, 11) is 1.63. The third-order valence-corrected chi connectivity index (χ3v) is 6.13. The Hall–Kier alpha value is -3.04. The van der Waals surface area contributed by atoms with E-state index in [9.17, 15) is 4.79 Å². The van der Waals surface area contributed by atoms with Crippen molar-refractivity contribution in [2.24, 2.45) is 0 Å². The SMILES string of the molecule is COc1ccc(-c2nc(SCC(=O)N3CCN(CCOc4ccccc4)CC3)n[nH]2)cc1. The van der Waals surface area contributed by atoms with E-state index >= 15 is 0 Å². The van der Waals surface area contributed by atoms with Gasteiger partial charge in [-0.1, -0.05) is 30.0 Å². The van der Waals surface area contributed by atoms with Crippen LogP contribution in [-0.4, -0.2) is 83.1 Å². The van der Waals surface area contributed by atoms with Gasteiger partial charge in [0.05, 0.1) is 12.9 Å². The summed E-state index contributed by atoms with van der Waals surface area (Å²) in [5.74, 6) is 2.80. The molecule has 1 aliphatic rings. The molecule has 0 bridgehead atoms. The Labute approximate surface area is 191 Å². The third kappa shape index (κ3) is 6.02. The summed E-state index contributed by atoms with van der Waals surface area (Å²) in [6.45, 7) is 4.69. The smallest absolute Gasteiger partial charge is 0.233 e. The van der Waals surface area contributed by atoms with Crippen LogP contribution in [0.5, 0.6) is 11.5 Å². The van der Waals surface area contributed by atoms with Crippen LogP contribution in [0.2, 0.25) is 0 Å². The molecule has 1 N–H and O–H groups in total. The average Bonchev–Trinajstić information content (AvgIpc) is 3.33. The number of amides is 1. The van der Waals surface area contributed by atoms with E-state index in [-0.39, 0.29) is 5.91 Å². The van der Waals surface area contributed by atoms with Gasteiger partial charge in [-0.3, -0.25) is 14.8 Å². The van der Waals surface area contributed by atoms with Crippen LogP contribution in [0.25, 0.3) is 11.4 Å². The van der Waals surface area contributed by atoms with Crippen LogP contribution in [0, 0.1) is 0 Å². The van der Waals surface area contributed by atoms with Gasteiger partial charge in [0.25, 0.3) is 0 Å². The van der Waals surface area contributed by atoms with Gasteiger partial charge in [-0.2, -0.15) is 0 Å². The number of nitrogens with zero attached hydrogens (tertiary/aromatic N) is 4. The minimum Gasteiger partial charge on any atom is -0.497 e. The number of nitrogens with one attached hydrogen (secondary N) is 1. The van der Waals surface area contributed by atoms with Crippen LogP contribution in [0.1, 0.15) is 0 Å². The molecule has 2 aromatic carbocycles. The Kier molecular flexibility index (Phi) is 7.63. The fourth-order valence-electron chi connectivity index (χ4n) is 3.44. The molecule has 0 spiro atoms. The molecule has 4 rings (SSSR count). The number of thioether (sulfide) groups is 1. The van der Waals surface area contributed by atoms with E-state index in [1.54, 1.807) is 7.11 Å². The highest BCUT2D eigenvalue weighted by atomic mass is 32.2. The van der Waals surface area contributed by atoms with Crippen molar-refractivity contribution in [3.63, 3.8) is 0 Å². The fraction of sp³-hybridized carbons (Fsp3) is 0.348. The van der Waals surface area contributed by atoms with Gasteiger partial charge in [-0.05, 0) is 36.4 Å². The van der Waals surface area contributed by atoms with Gasteiger partial charge in [0.15, 0.2) is 5.82 Å². The molecule has 0 saturated carbocycles. The quantitative estimate of drug-likeness (QED) is 0.499. The molecule has 168 valence electrons. The van der Waals surface area contributed by atoms with Gasteiger partial charge in [0.1, 0.15) is 18.1 Å². The summed E-state index contributed by atoms with van der Waals surface area (Å²) in [5, 5.41) is 7.73. The number of hydrogen-bond acceptors (Lipinski definition) is 7. The second kappa shape index (κ2) is 11.0. The Morgan fingerprint density at radius 3 is 2.50 bits per heavy atom. The standard InChI is InChI=1S/C23H27N5O3S/c1-30-19-9-7-18(8-10-19)22-24-23(26-25-22)32-17-21(29)28-13-11-27(12-14-28)15-16-31-20-5-3-2-4-6-20/h2-10H,11-17H2,1H3,(H,24,25,26). The second-order valence-corrected chi connectivity index (χ2v) is 8.31. The predicted octanol–water partition coefficient (Wildman–Crippen LogP) is 2.80. The summed E-state index contributed by atoms with van der Waals surface area (Å²) >= 11 is 1.35. The molecule has 1 amide bonds. The lowest BCUT2D eigenvalue weighted by Crippen LogP contribution is -2.50. The predicted molar refractivity (Wildman–Crippen MR) is 124 cm³/mol. The van der Waals surface area contributed by atoms with Crippen LogP contribution in [0.4, 0.5) is 0 Å². The highest BCUT2D eigenvalue weighted by molar-refractivity contribution is 7.99. The number of hydrogen-bond donors (Lipinski definition) is 1. The van der Waals surface area contributed by atoms with E-state index in [0.717, 1.165) is 49.8 Å². The molecule has 1 saturated heterocycles. The molecular weight excluding hydrogens is 426 g/mol. The number of piperazine rings is 1. The second-order valence-electron chi connectivity index (χ2n) is 7.37. The van der Waals surface area contributed by atoms with E-state index < -0.39 is 0 Å². The maximum absolute atomic E-state index is 12.6. The number of H-pyrrole nitrogens is 1. The fourth-order valence-corrected chi connectivity index (χ4v) is 4.14. The molecule has 32 heavy (non-hydrogen) atoms. The number of ether oxygens (including phenoxy) is 2. The molecule has 0 radical (unpaired) electrons. The number of carbonyl (C=O) groups excluding carboxylic acids is 1. The van der Waals surface area contributed by atoms with Crippen LogP contribution in [0.3, 0.4) is 0 Å². The van der Waals surface area contributed by atoms with E-state index in [4.69, 9.17) is 9.47 Å². The number of aromatic nitrogens is 3. The Bertz CT molecular complexity index is 988. The van der Waals surface area contributed by atoms with Crippen molar-refractivity contribution in [3.8, 4) is 22.9 Å². The lowest BCUT2D eigenvalue weighted by atomic mass is 10.2. The summed E-state index contributed by atoms with van der Waals surface area (Å²) in [6, 6.07) is 17.4. The van der Waals surface area contributed by atoms with Crippen molar-refractivity contribution < 1.29 is 14.3 Å². The van der Waals surface area contributed by atoms with Gasteiger partial charge in [0.2, 0.25) is 11.1 Å². The van der Waals surface area contributed by atoms with E-state index in [2.05, 4.69) is 20.1 Å². The maximum Gasteiger partial charge on any atom is 0.233 e. The topological polar surface area (TPSA) is 83.6 Å². The van der Waals surface area contributed by atoms with Crippen molar-refractivity contribution in [3.05, 3.63) is 54.6 Å². The van der Waals surface area contributed by atoms with E-state index in [1.165, 1.54) is 11.8 Å². The average molecular weight is 454 g/mol. The third-order valence-electron chi connectivity index (χ3n) is 5.30. The lowest BCUT2D eigenvalue weighted by Gasteiger charge is -2.34. The van der Waals surface area contributed by atoms with Crippen molar-refractivity contribution in [1.29, 1.82) is 0 Å². The normalized spacial score (nSPS) is 14.3. The van der Waals surface area contributed by atoms with E-state index in [1.807, 2.05) is 59.5 Å². The molecule has 8 nitrogen and oxygen atoms in total. The number of benzene rings is 2. The molecule has 2 heterocycles. The first-order valence-corrected chi connectivity index (χ1v) is 11.6. The molecule has 1 aliphatic heterocycles. The Balaban J connectivity index is 1.17. The number of methoxy groups -OCH3 is 1. The minimum atomic E-state index is 0.117. The van der Waals surface area contributed by atoms with Gasteiger partial charge < -0.3 is 14.4 Å². The zero-order chi connectivity index (χ0) is 22.2. The maximum atomic E-state index is 12.6. The van der Waals surface area contributed by atoms with Gasteiger partial charge in [0, 0.05) is 38.3 Å². The molecular formula is C23H27N5O3S. The van der Waals surface area contributed by atoms with Crippen molar-refractivity contribution in [2.45, 2.75) is 5.16 Å². The van der Waals surface area contributed by atoms with Crippen LogP contribution in [-0.2, 0) is 4.79 Å². The summed E-state index contributed by atoms with van der Waals surface area (Å²) in [6.07, 6.45) is 0. The molecule has 0 aliphatic carbocycles. The molecule has 0 unspecified atom stereocenters. The van der Waals surface area contributed by atoms with Gasteiger partial charge >= 0.3 is 0 Å². The summed E-state index contributed by atoms with van der Waals surface area (Å²) in [4.78, 5) is 21.3. The molecule has 1 aromatic heterocycles. The van der Waals surface area contributed by atoms with Crippen molar-refractivity contribution in [2.75, 3.05) is 52.2 Å². The Morgan fingerprint density at radius 1 is 1.03 bits per heavy atom. The van der Waals surface area contributed by atoms with Crippen LogP contribution < -0.4 is 9.47 Å². The zero-order valence-electron chi connectivity index (χ0n) is 18.1. The first-order chi connectivity index (χ1) is 15.7. The number of carbonyl (C=O) groups is 1. The van der Waals surface area contributed by atoms with Crippen molar-refractivity contribution >= 4 is 17.7 Å².